The van der Waals surface area contributed by atoms with Crippen LogP contribution in [0.2, 0.25) is 0 Å². The molecule has 2 heterocycles. The molecule has 1 aliphatic carbocycles. The highest BCUT2D eigenvalue weighted by atomic mass is 32.1. The predicted octanol–water partition coefficient (Wildman–Crippen LogP) is 3.93. The Hall–Kier alpha value is -1.49. The van der Waals surface area contributed by atoms with E-state index in [0.29, 0.717) is 12.0 Å². The molecule has 118 valence electrons. The third kappa shape index (κ3) is 2.86. The summed E-state index contributed by atoms with van der Waals surface area (Å²) < 4.78 is 0. The van der Waals surface area contributed by atoms with Gasteiger partial charge < -0.3 is 5.32 Å². The van der Waals surface area contributed by atoms with Crippen LogP contribution in [0.4, 0.5) is 0 Å². The summed E-state index contributed by atoms with van der Waals surface area (Å²) in [7, 11) is 0. The normalized spacial score (nSPS) is 22.0. The number of carbonyl (C=O) groups excluding carboxylic acids is 1. The van der Waals surface area contributed by atoms with E-state index in [0.717, 1.165) is 45.0 Å². The van der Waals surface area contributed by atoms with Crippen LogP contribution < -0.4 is 5.32 Å². The van der Waals surface area contributed by atoms with Crippen molar-refractivity contribution in [1.29, 1.82) is 0 Å². The number of rotatable bonds is 2. The van der Waals surface area contributed by atoms with Gasteiger partial charge in [0.15, 0.2) is 0 Å². The van der Waals surface area contributed by atoms with E-state index in [2.05, 4.69) is 22.2 Å². The van der Waals surface area contributed by atoms with Gasteiger partial charge in [-0.3, -0.25) is 4.79 Å². The molecule has 22 heavy (non-hydrogen) atoms. The fraction of sp³-hybridized carbons (Fsp3) is 0.588. The number of nitrogens with one attached hydrogen (secondary N) is 1. The molecule has 0 radical (unpaired) electrons. The van der Waals surface area contributed by atoms with Gasteiger partial charge in [0.2, 0.25) is 0 Å². The highest BCUT2D eigenvalue weighted by Gasteiger charge is 2.24. The van der Waals surface area contributed by atoms with Gasteiger partial charge in [0.05, 0.1) is 4.88 Å². The Morgan fingerprint density at radius 3 is 2.73 bits per heavy atom. The summed E-state index contributed by atoms with van der Waals surface area (Å²) in [6.45, 7) is 8.15. The summed E-state index contributed by atoms with van der Waals surface area (Å²) in [6, 6.07) is 0.315. The quantitative estimate of drug-likeness (QED) is 0.913. The van der Waals surface area contributed by atoms with Gasteiger partial charge in [0.1, 0.15) is 10.7 Å². The topological polar surface area (TPSA) is 54.9 Å². The van der Waals surface area contributed by atoms with Gasteiger partial charge in [-0.05, 0) is 45.1 Å². The summed E-state index contributed by atoms with van der Waals surface area (Å²) >= 11 is 1.49. The molecule has 0 saturated heterocycles. The summed E-state index contributed by atoms with van der Waals surface area (Å²) in [5, 5.41) is 4.26. The van der Waals surface area contributed by atoms with Crippen LogP contribution in [0.25, 0.3) is 10.2 Å². The molecule has 2 aromatic heterocycles. The molecular formula is C17H23N3OS. The predicted molar refractivity (Wildman–Crippen MR) is 90.5 cm³/mol. The van der Waals surface area contributed by atoms with E-state index in [-0.39, 0.29) is 5.91 Å². The van der Waals surface area contributed by atoms with Crippen molar-refractivity contribution >= 4 is 27.5 Å². The lowest BCUT2D eigenvalue weighted by Crippen LogP contribution is -2.37. The van der Waals surface area contributed by atoms with Crippen LogP contribution in [0.1, 0.15) is 59.4 Å². The number of amides is 1. The van der Waals surface area contributed by atoms with Crippen molar-refractivity contribution in [2.24, 2.45) is 5.92 Å². The van der Waals surface area contributed by atoms with Crippen molar-refractivity contribution in [3.63, 3.8) is 0 Å². The van der Waals surface area contributed by atoms with E-state index in [1.165, 1.54) is 24.2 Å². The maximum atomic E-state index is 12.7. The molecule has 2 aromatic rings. The van der Waals surface area contributed by atoms with Crippen molar-refractivity contribution in [1.82, 2.24) is 15.3 Å². The SMILES string of the molecule is Cc1nc(C)c2c(C)c(C(=O)NC3CCCC(C)C3)sc2n1. The van der Waals surface area contributed by atoms with Crippen LogP contribution in [0.15, 0.2) is 0 Å². The fourth-order valence-electron chi connectivity index (χ4n) is 3.51. The van der Waals surface area contributed by atoms with E-state index >= 15 is 0 Å². The minimum absolute atomic E-state index is 0.0525. The maximum absolute atomic E-state index is 12.7. The second-order valence-corrected chi connectivity index (χ2v) is 7.53. The Bertz CT molecular complexity index is 722. The zero-order chi connectivity index (χ0) is 15.9. The molecule has 1 saturated carbocycles. The van der Waals surface area contributed by atoms with Gasteiger partial charge >= 0.3 is 0 Å². The number of carbonyl (C=O) groups is 1. The van der Waals surface area contributed by atoms with Crippen molar-refractivity contribution in [2.75, 3.05) is 0 Å². The zero-order valence-electron chi connectivity index (χ0n) is 13.7. The summed E-state index contributed by atoms with van der Waals surface area (Å²) in [5.74, 6) is 1.52. The largest absolute Gasteiger partial charge is 0.349 e. The number of aryl methyl sites for hydroxylation is 3. The van der Waals surface area contributed by atoms with Gasteiger partial charge in [0, 0.05) is 17.1 Å². The Kier molecular flexibility index (Phi) is 4.17. The van der Waals surface area contributed by atoms with Crippen LogP contribution in [-0.4, -0.2) is 21.9 Å². The van der Waals surface area contributed by atoms with Crippen LogP contribution >= 0.6 is 11.3 Å². The number of aromatic nitrogens is 2. The first kappa shape index (κ1) is 15.4. The molecule has 1 N–H and O–H groups in total. The number of fused-ring (bicyclic) bond motifs is 1. The summed E-state index contributed by atoms with van der Waals surface area (Å²) in [6.07, 6.45) is 4.68. The Balaban J connectivity index is 1.88. The zero-order valence-corrected chi connectivity index (χ0v) is 14.5. The van der Waals surface area contributed by atoms with Gasteiger partial charge in [-0.2, -0.15) is 0 Å². The van der Waals surface area contributed by atoms with E-state index in [1.54, 1.807) is 0 Å². The van der Waals surface area contributed by atoms with E-state index in [9.17, 15) is 4.79 Å². The molecule has 0 spiro atoms. The third-order valence-corrected chi connectivity index (χ3v) is 5.75. The minimum atomic E-state index is 0.0525. The van der Waals surface area contributed by atoms with E-state index in [4.69, 9.17) is 0 Å². The van der Waals surface area contributed by atoms with Crippen LogP contribution in [0.3, 0.4) is 0 Å². The Labute approximate surface area is 135 Å². The van der Waals surface area contributed by atoms with Crippen molar-refractivity contribution < 1.29 is 4.79 Å². The molecule has 1 amide bonds. The molecule has 2 unspecified atom stereocenters. The highest BCUT2D eigenvalue weighted by Crippen LogP contribution is 2.32. The van der Waals surface area contributed by atoms with Gasteiger partial charge in [-0.15, -0.1) is 11.3 Å². The molecule has 0 aliphatic heterocycles. The number of thiophene rings is 1. The van der Waals surface area contributed by atoms with Gasteiger partial charge in [-0.25, -0.2) is 9.97 Å². The molecule has 3 rings (SSSR count). The van der Waals surface area contributed by atoms with Crippen molar-refractivity contribution in [3.8, 4) is 0 Å². The standard InChI is InChI=1S/C17H23N3OS/c1-9-6-5-7-13(8-9)20-16(21)15-10(2)14-11(3)18-12(4)19-17(14)22-15/h9,13H,5-8H2,1-4H3,(H,20,21). The first-order valence-electron chi connectivity index (χ1n) is 8.01. The lowest BCUT2D eigenvalue weighted by atomic mass is 9.87. The number of nitrogens with zero attached hydrogens (tertiary/aromatic N) is 2. The maximum Gasteiger partial charge on any atom is 0.261 e. The average molecular weight is 317 g/mol. The summed E-state index contributed by atoms with van der Waals surface area (Å²) in [5.41, 5.74) is 1.97. The first-order chi connectivity index (χ1) is 10.5. The number of hydrogen-bond donors (Lipinski definition) is 1. The average Bonchev–Trinajstić information content (AvgIpc) is 2.76. The first-order valence-corrected chi connectivity index (χ1v) is 8.82. The third-order valence-electron chi connectivity index (χ3n) is 4.56. The van der Waals surface area contributed by atoms with Crippen LogP contribution in [0.5, 0.6) is 0 Å². The molecule has 4 nitrogen and oxygen atoms in total. The number of hydrogen-bond acceptors (Lipinski definition) is 4. The van der Waals surface area contributed by atoms with Crippen LogP contribution in [-0.2, 0) is 0 Å². The molecule has 1 fully saturated rings. The van der Waals surface area contributed by atoms with Crippen molar-refractivity contribution in [3.05, 3.63) is 22.0 Å². The molecule has 1 aliphatic rings. The molecule has 5 heteroatoms. The second kappa shape index (κ2) is 5.95. The molecule has 0 aromatic carbocycles. The van der Waals surface area contributed by atoms with Crippen molar-refractivity contribution in [2.45, 2.75) is 59.4 Å². The lowest BCUT2D eigenvalue weighted by molar-refractivity contribution is 0.0925. The monoisotopic (exact) mass is 317 g/mol. The summed E-state index contributed by atoms with van der Waals surface area (Å²) in [4.78, 5) is 23.3. The lowest BCUT2D eigenvalue weighted by Gasteiger charge is -2.27. The van der Waals surface area contributed by atoms with Gasteiger partial charge in [0.25, 0.3) is 5.91 Å². The van der Waals surface area contributed by atoms with E-state index in [1.807, 2.05) is 20.8 Å². The highest BCUT2D eigenvalue weighted by molar-refractivity contribution is 7.20. The molecule has 2 atom stereocenters. The Morgan fingerprint density at radius 2 is 2.00 bits per heavy atom. The Morgan fingerprint density at radius 1 is 1.23 bits per heavy atom. The second-order valence-electron chi connectivity index (χ2n) is 6.53. The fourth-order valence-corrected chi connectivity index (χ4v) is 4.69. The van der Waals surface area contributed by atoms with Crippen LogP contribution in [0, 0.1) is 26.7 Å². The smallest absolute Gasteiger partial charge is 0.261 e. The minimum Gasteiger partial charge on any atom is -0.349 e. The molecular weight excluding hydrogens is 294 g/mol. The molecule has 0 bridgehead atoms. The van der Waals surface area contributed by atoms with Gasteiger partial charge in [-0.1, -0.05) is 19.8 Å². The van der Waals surface area contributed by atoms with E-state index < -0.39 is 0 Å².